The highest BCUT2D eigenvalue weighted by atomic mass is 16.1. The van der Waals surface area contributed by atoms with Crippen LogP contribution in [0.4, 0.5) is 5.82 Å². The molecule has 2 heterocycles. The maximum absolute atomic E-state index is 12.2. The Kier molecular flexibility index (Phi) is 4.57. The first-order chi connectivity index (χ1) is 11.2. The van der Waals surface area contributed by atoms with Crippen LogP contribution in [0.3, 0.4) is 0 Å². The highest BCUT2D eigenvalue weighted by molar-refractivity contribution is 5.92. The van der Waals surface area contributed by atoms with Crippen molar-refractivity contribution in [3.8, 4) is 0 Å². The van der Waals surface area contributed by atoms with Crippen LogP contribution >= 0.6 is 0 Å². The first kappa shape index (κ1) is 15.5. The van der Waals surface area contributed by atoms with E-state index in [0.717, 1.165) is 36.0 Å². The molecule has 5 heteroatoms. The Bertz CT molecular complexity index is 819. The van der Waals surface area contributed by atoms with Crippen molar-refractivity contribution in [2.24, 2.45) is 11.7 Å². The minimum atomic E-state index is -0.128. The molecule has 0 amide bonds. The Labute approximate surface area is 135 Å². The smallest absolute Gasteiger partial charge is 0.259 e. The summed E-state index contributed by atoms with van der Waals surface area (Å²) in [6, 6.07) is 3.89. The normalized spacial score (nSPS) is 15.5. The second-order valence-electron chi connectivity index (χ2n) is 6.04. The van der Waals surface area contributed by atoms with E-state index in [0.29, 0.717) is 23.7 Å². The lowest BCUT2D eigenvalue weighted by molar-refractivity contribution is 0.585. The summed E-state index contributed by atoms with van der Waals surface area (Å²) >= 11 is 0. The fraction of sp³-hybridized carbons (Fsp3) is 0.333. The standard InChI is InChI=1S/C18H22N4O/c1-12(11-19)9-15-10-13-7-8-20-18(23)16(13)17(22-15)21-14-5-3-2-4-6-14/h3,5-8,10,12H,2,4,9,11,19H2,1H3,(H,20,23)(H,21,22). The molecule has 0 spiro atoms. The zero-order valence-electron chi connectivity index (χ0n) is 13.3. The fourth-order valence-corrected chi connectivity index (χ4v) is 2.75. The molecule has 0 saturated carbocycles. The predicted octanol–water partition coefficient (Wildman–Crippen LogP) is 2.71. The van der Waals surface area contributed by atoms with Crippen molar-refractivity contribution in [2.45, 2.75) is 26.2 Å². The van der Waals surface area contributed by atoms with E-state index >= 15 is 0 Å². The Hall–Kier alpha value is -2.40. The molecule has 0 saturated heterocycles. The number of H-pyrrole nitrogens is 1. The molecule has 0 fully saturated rings. The van der Waals surface area contributed by atoms with Crippen LogP contribution in [-0.4, -0.2) is 16.5 Å². The summed E-state index contributed by atoms with van der Waals surface area (Å²) in [5.41, 5.74) is 7.53. The molecule has 0 bridgehead atoms. The topological polar surface area (TPSA) is 83.8 Å². The number of nitrogens with zero attached hydrogens (tertiary/aromatic N) is 1. The summed E-state index contributed by atoms with van der Waals surface area (Å²) in [6.07, 6.45) is 10.8. The number of rotatable bonds is 5. The minimum Gasteiger partial charge on any atom is -0.340 e. The van der Waals surface area contributed by atoms with Crippen LogP contribution in [0.25, 0.3) is 10.8 Å². The van der Waals surface area contributed by atoms with Gasteiger partial charge in [0.05, 0.1) is 5.39 Å². The second kappa shape index (κ2) is 6.79. The van der Waals surface area contributed by atoms with Gasteiger partial charge in [0.2, 0.25) is 0 Å². The summed E-state index contributed by atoms with van der Waals surface area (Å²) in [7, 11) is 0. The van der Waals surface area contributed by atoms with Crippen molar-refractivity contribution in [3.05, 3.63) is 58.3 Å². The number of aromatic nitrogens is 2. The molecule has 2 aromatic rings. The maximum Gasteiger partial charge on any atom is 0.259 e. The number of anilines is 1. The third-order valence-electron chi connectivity index (χ3n) is 4.03. The van der Waals surface area contributed by atoms with Gasteiger partial charge < -0.3 is 16.0 Å². The molecule has 4 N–H and O–H groups in total. The molecule has 0 radical (unpaired) electrons. The number of nitrogens with one attached hydrogen (secondary N) is 2. The lowest BCUT2D eigenvalue weighted by atomic mass is 10.0. The van der Waals surface area contributed by atoms with Gasteiger partial charge in [-0.3, -0.25) is 4.79 Å². The van der Waals surface area contributed by atoms with Crippen LogP contribution in [0.1, 0.15) is 25.5 Å². The molecule has 2 aromatic heterocycles. The van der Waals surface area contributed by atoms with Gasteiger partial charge in [0.15, 0.2) is 0 Å². The number of hydrogen-bond acceptors (Lipinski definition) is 4. The highest BCUT2D eigenvalue weighted by Gasteiger charge is 2.12. The number of hydrogen-bond donors (Lipinski definition) is 3. The molecule has 1 atom stereocenters. The van der Waals surface area contributed by atoms with E-state index in [2.05, 4.69) is 34.4 Å². The van der Waals surface area contributed by atoms with Gasteiger partial charge in [-0.15, -0.1) is 0 Å². The van der Waals surface area contributed by atoms with E-state index in [4.69, 9.17) is 5.73 Å². The van der Waals surface area contributed by atoms with Crippen molar-refractivity contribution in [3.63, 3.8) is 0 Å². The molecule has 5 nitrogen and oxygen atoms in total. The fourth-order valence-electron chi connectivity index (χ4n) is 2.75. The SMILES string of the molecule is CC(CN)Cc1cc2cc[nH]c(=O)c2c(NC2=CCCC=C2)n1. The van der Waals surface area contributed by atoms with Gasteiger partial charge in [-0.25, -0.2) is 4.98 Å². The average Bonchev–Trinajstić information content (AvgIpc) is 2.55. The van der Waals surface area contributed by atoms with Crippen LogP contribution in [0.5, 0.6) is 0 Å². The van der Waals surface area contributed by atoms with E-state index in [1.54, 1.807) is 6.20 Å². The van der Waals surface area contributed by atoms with E-state index in [-0.39, 0.29) is 5.56 Å². The van der Waals surface area contributed by atoms with E-state index in [1.807, 2.05) is 18.2 Å². The van der Waals surface area contributed by atoms with Gasteiger partial charge in [0.25, 0.3) is 5.56 Å². The Morgan fingerprint density at radius 1 is 1.43 bits per heavy atom. The van der Waals surface area contributed by atoms with Crippen molar-refractivity contribution >= 4 is 16.6 Å². The first-order valence-corrected chi connectivity index (χ1v) is 8.02. The van der Waals surface area contributed by atoms with E-state index in [1.165, 1.54) is 0 Å². The van der Waals surface area contributed by atoms with Gasteiger partial charge in [-0.2, -0.15) is 0 Å². The average molecular weight is 310 g/mol. The molecule has 120 valence electrons. The molecule has 0 aliphatic heterocycles. The van der Waals surface area contributed by atoms with Gasteiger partial charge >= 0.3 is 0 Å². The van der Waals surface area contributed by atoms with Crippen LogP contribution in [0, 0.1) is 5.92 Å². The van der Waals surface area contributed by atoms with E-state index < -0.39 is 0 Å². The summed E-state index contributed by atoms with van der Waals surface area (Å²) in [6.45, 7) is 2.72. The molecule has 3 rings (SSSR count). The Morgan fingerprint density at radius 2 is 2.30 bits per heavy atom. The Morgan fingerprint density at radius 3 is 3.04 bits per heavy atom. The van der Waals surface area contributed by atoms with Crippen LogP contribution in [0.15, 0.2) is 47.0 Å². The number of nitrogens with two attached hydrogens (primary N) is 1. The monoisotopic (exact) mass is 310 g/mol. The zero-order chi connectivity index (χ0) is 16.2. The number of pyridine rings is 2. The second-order valence-corrected chi connectivity index (χ2v) is 6.04. The van der Waals surface area contributed by atoms with Crippen molar-refractivity contribution < 1.29 is 0 Å². The van der Waals surface area contributed by atoms with E-state index in [9.17, 15) is 4.79 Å². The largest absolute Gasteiger partial charge is 0.340 e. The molecular formula is C18H22N4O. The summed E-state index contributed by atoms with van der Waals surface area (Å²) < 4.78 is 0. The zero-order valence-corrected chi connectivity index (χ0v) is 13.3. The highest BCUT2D eigenvalue weighted by Crippen LogP contribution is 2.23. The number of fused-ring (bicyclic) bond motifs is 1. The number of aromatic amines is 1. The van der Waals surface area contributed by atoms with Crippen LogP contribution in [0.2, 0.25) is 0 Å². The van der Waals surface area contributed by atoms with Crippen molar-refractivity contribution in [1.82, 2.24) is 9.97 Å². The van der Waals surface area contributed by atoms with Crippen LogP contribution in [-0.2, 0) is 6.42 Å². The van der Waals surface area contributed by atoms with Crippen LogP contribution < -0.4 is 16.6 Å². The molecule has 1 unspecified atom stereocenters. The Balaban J connectivity index is 2.06. The summed E-state index contributed by atoms with van der Waals surface area (Å²) in [4.78, 5) is 19.7. The third kappa shape index (κ3) is 3.51. The predicted molar refractivity (Wildman–Crippen MR) is 94.4 cm³/mol. The van der Waals surface area contributed by atoms with Gasteiger partial charge in [-0.1, -0.05) is 19.1 Å². The molecular weight excluding hydrogens is 288 g/mol. The molecule has 1 aliphatic rings. The maximum atomic E-state index is 12.2. The lowest BCUT2D eigenvalue weighted by Gasteiger charge is -2.14. The van der Waals surface area contributed by atoms with Crippen molar-refractivity contribution in [2.75, 3.05) is 11.9 Å². The number of allylic oxidation sites excluding steroid dienone is 3. The van der Waals surface area contributed by atoms with Gasteiger partial charge in [0, 0.05) is 17.6 Å². The summed E-state index contributed by atoms with van der Waals surface area (Å²) in [5.74, 6) is 0.963. The van der Waals surface area contributed by atoms with Gasteiger partial charge in [-0.05, 0) is 55.3 Å². The lowest BCUT2D eigenvalue weighted by Crippen LogP contribution is -2.16. The molecule has 0 aromatic carbocycles. The first-order valence-electron chi connectivity index (χ1n) is 8.02. The van der Waals surface area contributed by atoms with Gasteiger partial charge in [0.1, 0.15) is 5.82 Å². The summed E-state index contributed by atoms with van der Waals surface area (Å²) in [5, 5.41) is 4.80. The van der Waals surface area contributed by atoms with Crippen molar-refractivity contribution in [1.29, 1.82) is 0 Å². The molecule has 1 aliphatic carbocycles. The quantitative estimate of drug-likeness (QED) is 0.793. The molecule has 23 heavy (non-hydrogen) atoms. The third-order valence-corrected chi connectivity index (χ3v) is 4.03. The minimum absolute atomic E-state index is 0.128.